The Morgan fingerprint density at radius 1 is 1.20 bits per heavy atom. The van der Waals surface area contributed by atoms with E-state index in [9.17, 15) is 4.79 Å². The van der Waals surface area contributed by atoms with Gasteiger partial charge >= 0.3 is 0 Å². The average Bonchev–Trinajstić information content (AvgIpc) is 2.52. The number of hydrogen-bond acceptors (Lipinski definition) is 4. The number of fused-ring (bicyclic) bond motifs is 3. The standard InChI is InChI=1S/C15H12N2O3/c1-20-11-3-5-12-10(6-11)8-16-14-7-9(15(18)17-19)2-4-13(12)14/h2-8,19H,1H3,(H,17,18). The number of methoxy groups -OCH3 is 1. The maximum atomic E-state index is 11.4. The van der Waals surface area contributed by atoms with Crippen LogP contribution in [0.4, 0.5) is 0 Å². The maximum Gasteiger partial charge on any atom is 0.274 e. The summed E-state index contributed by atoms with van der Waals surface area (Å²) in [6, 6.07) is 10.9. The highest BCUT2D eigenvalue weighted by Crippen LogP contribution is 2.27. The summed E-state index contributed by atoms with van der Waals surface area (Å²) in [7, 11) is 1.62. The lowest BCUT2D eigenvalue weighted by Gasteiger charge is -2.06. The summed E-state index contributed by atoms with van der Waals surface area (Å²) < 4.78 is 5.19. The molecule has 0 fully saturated rings. The molecule has 3 rings (SSSR count). The highest BCUT2D eigenvalue weighted by molar-refractivity contribution is 6.07. The van der Waals surface area contributed by atoms with Crippen molar-refractivity contribution in [2.45, 2.75) is 0 Å². The van der Waals surface area contributed by atoms with E-state index in [-0.39, 0.29) is 0 Å². The lowest BCUT2D eigenvalue weighted by Crippen LogP contribution is -2.18. The van der Waals surface area contributed by atoms with Crippen molar-refractivity contribution in [3.05, 3.63) is 48.2 Å². The predicted octanol–water partition coefficient (Wildman–Crippen LogP) is 2.52. The number of amides is 1. The zero-order valence-corrected chi connectivity index (χ0v) is 10.8. The first-order valence-electron chi connectivity index (χ1n) is 6.04. The molecule has 0 unspecified atom stereocenters. The summed E-state index contributed by atoms with van der Waals surface area (Å²) >= 11 is 0. The molecule has 20 heavy (non-hydrogen) atoms. The number of rotatable bonds is 2. The molecule has 1 amide bonds. The van der Waals surface area contributed by atoms with Crippen molar-refractivity contribution >= 4 is 27.6 Å². The molecule has 2 N–H and O–H groups in total. The Kier molecular flexibility index (Phi) is 2.96. The average molecular weight is 268 g/mol. The van der Waals surface area contributed by atoms with E-state index in [1.165, 1.54) is 0 Å². The number of nitrogens with zero attached hydrogens (tertiary/aromatic N) is 1. The van der Waals surface area contributed by atoms with Crippen LogP contribution in [-0.2, 0) is 0 Å². The quantitative estimate of drug-likeness (QED) is 0.425. The topological polar surface area (TPSA) is 71.5 Å². The van der Waals surface area contributed by atoms with Crippen LogP contribution in [0.15, 0.2) is 42.6 Å². The Hall–Kier alpha value is -2.66. The van der Waals surface area contributed by atoms with E-state index in [0.29, 0.717) is 11.1 Å². The van der Waals surface area contributed by atoms with Crippen LogP contribution in [0.3, 0.4) is 0 Å². The molecule has 5 nitrogen and oxygen atoms in total. The van der Waals surface area contributed by atoms with Gasteiger partial charge in [0.2, 0.25) is 0 Å². The number of carbonyl (C=O) groups excluding carboxylic acids is 1. The number of carbonyl (C=O) groups is 1. The summed E-state index contributed by atoms with van der Waals surface area (Å²) in [6.45, 7) is 0. The summed E-state index contributed by atoms with van der Waals surface area (Å²) in [6.07, 6.45) is 1.74. The second-order valence-electron chi connectivity index (χ2n) is 4.38. The van der Waals surface area contributed by atoms with Crippen molar-refractivity contribution in [2.75, 3.05) is 7.11 Å². The lowest BCUT2D eigenvalue weighted by atomic mass is 10.0. The minimum atomic E-state index is -0.552. The fourth-order valence-corrected chi connectivity index (χ4v) is 2.23. The van der Waals surface area contributed by atoms with E-state index >= 15 is 0 Å². The minimum Gasteiger partial charge on any atom is -0.497 e. The summed E-state index contributed by atoms with van der Waals surface area (Å²) in [4.78, 5) is 15.7. The third-order valence-electron chi connectivity index (χ3n) is 3.25. The molecule has 5 heteroatoms. The first kappa shape index (κ1) is 12.4. The van der Waals surface area contributed by atoms with Gasteiger partial charge in [0.05, 0.1) is 12.6 Å². The molecule has 1 aromatic heterocycles. The fourth-order valence-electron chi connectivity index (χ4n) is 2.23. The Balaban J connectivity index is 2.24. The molecule has 100 valence electrons. The number of benzene rings is 2. The van der Waals surface area contributed by atoms with Crippen molar-refractivity contribution in [3.63, 3.8) is 0 Å². The zero-order chi connectivity index (χ0) is 14.1. The van der Waals surface area contributed by atoms with E-state index in [4.69, 9.17) is 9.94 Å². The third kappa shape index (κ3) is 1.94. The molecule has 2 aromatic carbocycles. The molecule has 3 aromatic rings. The number of hydroxylamine groups is 1. The van der Waals surface area contributed by atoms with Gasteiger partial charge in [-0.3, -0.25) is 15.0 Å². The highest BCUT2D eigenvalue weighted by Gasteiger charge is 2.08. The van der Waals surface area contributed by atoms with Crippen LogP contribution in [0.1, 0.15) is 10.4 Å². The van der Waals surface area contributed by atoms with Gasteiger partial charge in [-0.2, -0.15) is 0 Å². The van der Waals surface area contributed by atoms with E-state index in [1.807, 2.05) is 24.3 Å². The molecule has 0 aliphatic heterocycles. The summed E-state index contributed by atoms with van der Waals surface area (Å²) in [5, 5.41) is 11.6. The van der Waals surface area contributed by atoms with Gasteiger partial charge in [-0.15, -0.1) is 0 Å². The Morgan fingerprint density at radius 2 is 2.00 bits per heavy atom. The number of nitrogens with one attached hydrogen (secondary N) is 1. The van der Waals surface area contributed by atoms with Gasteiger partial charge in [-0.25, -0.2) is 5.48 Å². The summed E-state index contributed by atoms with van der Waals surface area (Å²) in [5.41, 5.74) is 2.67. The van der Waals surface area contributed by atoms with Gasteiger partial charge in [0, 0.05) is 22.5 Å². The number of pyridine rings is 1. The number of hydrogen-bond donors (Lipinski definition) is 2. The second kappa shape index (κ2) is 4.79. The van der Waals surface area contributed by atoms with Crippen LogP contribution in [-0.4, -0.2) is 23.2 Å². The summed E-state index contributed by atoms with van der Waals surface area (Å²) in [5.74, 6) is 0.221. The number of aromatic nitrogens is 1. The number of ether oxygens (including phenoxy) is 1. The first-order valence-corrected chi connectivity index (χ1v) is 6.04. The molecule has 1 heterocycles. The van der Waals surface area contributed by atoms with E-state index < -0.39 is 5.91 Å². The van der Waals surface area contributed by atoms with Crippen LogP contribution in [0.2, 0.25) is 0 Å². The van der Waals surface area contributed by atoms with Crippen molar-refractivity contribution in [2.24, 2.45) is 0 Å². The maximum absolute atomic E-state index is 11.4. The van der Waals surface area contributed by atoms with Crippen molar-refractivity contribution < 1.29 is 14.7 Å². The second-order valence-corrected chi connectivity index (χ2v) is 4.38. The van der Waals surface area contributed by atoms with Crippen LogP contribution in [0.5, 0.6) is 5.75 Å². The third-order valence-corrected chi connectivity index (χ3v) is 3.25. The highest BCUT2D eigenvalue weighted by atomic mass is 16.5. The fraction of sp³-hybridized carbons (Fsp3) is 0.0667. The molecular formula is C15H12N2O3. The van der Waals surface area contributed by atoms with E-state index in [0.717, 1.165) is 21.9 Å². The largest absolute Gasteiger partial charge is 0.497 e. The molecule has 0 atom stereocenters. The van der Waals surface area contributed by atoms with Gasteiger partial charge in [0.15, 0.2) is 0 Å². The Bertz CT molecular complexity index is 815. The van der Waals surface area contributed by atoms with E-state index in [1.54, 1.807) is 30.9 Å². The lowest BCUT2D eigenvalue weighted by molar-refractivity contribution is 0.0706. The molecule has 0 bridgehead atoms. The predicted molar refractivity (Wildman–Crippen MR) is 75.1 cm³/mol. The van der Waals surface area contributed by atoms with E-state index in [2.05, 4.69) is 4.98 Å². The molecular weight excluding hydrogens is 256 g/mol. The van der Waals surface area contributed by atoms with Gasteiger partial charge in [0.25, 0.3) is 5.91 Å². The molecule has 0 radical (unpaired) electrons. The normalized spacial score (nSPS) is 10.7. The molecule has 0 spiro atoms. The van der Waals surface area contributed by atoms with Gasteiger partial charge in [0.1, 0.15) is 5.75 Å². The minimum absolute atomic E-state index is 0.361. The van der Waals surface area contributed by atoms with Gasteiger partial charge in [-0.05, 0) is 35.7 Å². The van der Waals surface area contributed by atoms with Crippen molar-refractivity contribution in [1.29, 1.82) is 0 Å². The monoisotopic (exact) mass is 268 g/mol. The van der Waals surface area contributed by atoms with Crippen LogP contribution in [0, 0.1) is 0 Å². The Labute approximate surface area is 114 Å². The first-order chi connectivity index (χ1) is 9.72. The smallest absolute Gasteiger partial charge is 0.274 e. The van der Waals surface area contributed by atoms with Gasteiger partial charge < -0.3 is 4.74 Å². The molecule has 0 saturated carbocycles. The Morgan fingerprint density at radius 3 is 2.75 bits per heavy atom. The zero-order valence-electron chi connectivity index (χ0n) is 10.8. The van der Waals surface area contributed by atoms with Crippen LogP contribution in [0.25, 0.3) is 21.7 Å². The molecule has 0 aliphatic rings. The van der Waals surface area contributed by atoms with Crippen LogP contribution >= 0.6 is 0 Å². The van der Waals surface area contributed by atoms with Crippen molar-refractivity contribution in [1.82, 2.24) is 10.5 Å². The molecule has 0 aliphatic carbocycles. The molecule has 0 saturated heterocycles. The van der Waals surface area contributed by atoms with Gasteiger partial charge in [-0.1, -0.05) is 6.07 Å². The SMILES string of the molecule is COc1ccc2c(cnc3cc(C(=O)NO)ccc32)c1. The van der Waals surface area contributed by atoms with Crippen molar-refractivity contribution in [3.8, 4) is 5.75 Å². The van der Waals surface area contributed by atoms with Crippen LogP contribution < -0.4 is 10.2 Å².